The molecule has 1 aromatic heterocycles. The van der Waals surface area contributed by atoms with Crippen LogP contribution in [0, 0.1) is 13.8 Å². The van der Waals surface area contributed by atoms with Gasteiger partial charge in [-0.25, -0.2) is 4.98 Å². The summed E-state index contributed by atoms with van der Waals surface area (Å²) in [7, 11) is 1.39. The highest BCUT2D eigenvalue weighted by Crippen LogP contribution is 2.36. The Balaban J connectivity index is 2.19. The van der Waals surface area contributed by atoms with Crippen molar-refractivity contribution in [3.8, 4) is 5.69 Å². The molecule has 5 nitrogen and oxygen atoms in total. The first kappa shape index (κ1) is 20.0. The molecule has 27 heavy (non-hydrogen) atoms. The van der Waals surface area contributed by atoms with E-state index in [1.807, 2.05) is 32.9 Å². The normalized spacial score (nSPS) is 16.9. The van der Waals surface area contributed by atoms with Gasteiger partial charge in [0.1, 0.15) is 5.25 Å². The van der Waals surface area contributed by atoms with Gasteiger partial charge in [-0.2, -0.15) is 0 Å². The maximum atomic E-state index is 13.3. The number of aromatic nitrogens is 2. The van der Waals surface area contributed by atoms with Gasteiger partial charge in [0.15, 0.2) is 5.16 Å². The van der Waals surface area contributed by atoms with E-state index in [1.54, 1.807) is 16.3 Å². The summed E-state index contributed by atoms with van der Waals surface area (Å²) in [6.07, 6.45) is 1.37. The van der Waals surface area contributed by atoms with E-state index < -0.39 is 5.25 Å². The molecule has 7 heteroatoms. The third kappa shape index (κ3) is 4.09. The molecule has 0 bridgehead atoms. The lowest BCUT2D eigenvalue weighted by Gasteiger charge is -2.18. The van der Waals surface area contributed by atoms with Gasteiger partial charge in [-0.1, -0.05) is 31.7 Å². The highest BCUT2D eigenvalue weighted by molar-refractivity contribution is 8.00. The van der Waals surface area contributed by atoms with Crippen LogP contribution in [-0.2, 0) is 16.0 Å². The zero-order valence-electron chi connectivity index (χ0n) is 16.2. The second-order valence-electron chi connectivity index (χ2n) is 6.83. The number of carbonyl (C=O) groups excluding carboxylic acids is 1. The molecule has 0 spiro atoms. The lowest BCUT2D eigenvalue weighted by atomic mass is 10.1. The van der Waals surface area contributed by atoms with Crippen LogP contribution in [0.2, 0.25) is 0 Å². The van der Waals surface area contributed by atoms with Crippen molar-refractivity contribution in [1.29, 1.82) is 0 Å². The molecule has 1 aliphatic rings. The number of hydrogen-bond donors (Lipinski definition) is 0. The number of thioether (sulfide) groups is 2. The summed E-state index contributed by atoms with van der Waals surface area (Å²) >= 11 is 2.89. The van der Waals surface area contributed by atoms with Crippen molar-refractivity contribution in [3.05, 3.63) is 45.4 Å². The van der Waals surface area contributed by atoms with Crippen LogP contribution in [0.25, 0.3) is 5.69 Å². The summed E-state index contributed by atoms with van der Waals surface area (Å²) in [6.45, 7) is 8.05. The van der Waals surface area contributed by atoms with Crippen LogP contribution < -0.4 is 5.56 Å². The van der Waals surface area contributed by atoms with E-state index in [1.165, 1.54) is 18.9 Å². The maximum absolute atomic E-state index is 13.3. The Hall–Kier alpha value is -1.73. The standard InChI is InChI=1S/C20H24N2O3S2/c1-6-16(19(24)25-5)27-20-21-15-10-13(4)26-17(15)18(23)22(20)14-8-11(2)7-12(3)9-14/h7-9,13,16H,6,10H2,1-5H3. The maximum Gasteiger partial charge on any atom is 0.319 e. The summed E-state index contributed by atoms with van der Waals surface area (Å²) in [5.74, 6) is -0.299. The van der Waals surface area contributed by atoms with Gasteiger partial charge < -0.3 is 4.74 Å². The SMILES string of the molecule is CCC(Sc1nc2c(c(=O)n1-c1cc(C)cc(C)c1)SC(C)C2)C(=O)OC. The third-order valence-corrected chi connectivity index (χ3v) is 6.94. The first-order valence-electron chi connectivity index (χ1n) is 8.99. The average Bonchev–Trinajstić information content (AvgIpc) is 2.98. The molecule has 1 aliphatic heterocycles. The molecule has 3 rings (SSSR count). The van der Waals surface area contributed by atoms with E-state index >= 15 is 0 Å². The Bertz CT molecular complexity index is 919. The van der Waals surface area contributed by atoms with Crippen LogP contribution in [0.15, 0.2) is 33.0 Å². The van der Waals surface area contributed by atoms with Gasteiger partial charge in [-0.15, -0.1) is 11.8 Å². The average molecular weight is 405 g/mol. The first-order chi connectivity index (χ1) is 12.8. The molecule has 0 aliphatic carbocycles. The Morgan fingerprint density at radius 2 is 2.04 bits per heavy atom. The minimum Gasteiger partial charge on any atom is -0.468 e. The molecule has 0 amide bonds. The van der Waals surface area contributed by atoms with E-state index in [0.29, 0.717) is 16.8 Å². The second kappa shape index (κ2) is 8.10. The van der Waals surface area contributed by atoms with Crippen molar-refractivity contribution >= 4 is 29.5 Å². The molecule has 2 aromatic rings. The molecule has 2 unspecified atom stereocenters. The fraction of sp³-hybridized carbons (Fsp3) is 0.450. The summed E-state index contributed by atoms with van der Waals surface area (Å²) in [5.41, 5.74) is 3.72. The minimum absolute atomic E-state index is 0.0541. The smallest absolute Gasteiger partial charge is 0.319 e. The van der Waals surface area contributed by atoms with Crippen LogP contribution >= 0.6 is 23.5 Å². The monoisotopic (exact) mass is 404 g/mol. The van der Waals surface area contributed by atoms with Crippen LogP contribution in [0.4, 0.5) is 0 Å². The van der Waals surface area contributed by atoms with E-state index in [0.717, 1.165) is 33.8 Å². The van der Waals surface area contributed by atoms with E-state index in [2.05, 4.69) is 13.0 Å². The number of esters is 1. The van der Waals surface area contributed by atoms with Crippen molar-refractivity contribution in [3.63, 3.8) is 0 Å². The van der Waals surface area contributed by atoms with Crippen LogP contribution in [0.1, 0.15) is 37.1 Å². The Labute approximate surface area is 167 Å². The number of methoxy groups -OCH3 is 1. The molecule has 1 aromatic carbocycles. The summed E-state index contributed by atoms with van der Waals surface area (Å²) < 4.78 is 6.57. The van der Waals surface area contributed by atoms with Gasteiger partial charge in [0.05, 0.1) is 23.4 Å². The molecule has 0 saturated carbocycles. The first-order valence-corrected chi connectivity index (χ1v) is 10.8. The van der Waals surface area contributed by atoms with Crippen molar-refractivity contribution in [1.82, 2.24) is 9.55 Å². The molecule has 2 heterocycles. The topological polar surface area (TPSA) is 61.2 Å². The number of fused-ring (bicyclic) bond motifs is 1. The number of hydrogen-bond acceptors (Lipinski definition) is 6. The molecule has 0 radical (unpaired) electrons. The Morgan fingerprint density at radius 3 is 2.63 bits per heavy atom. The van der Waals surface area contributed by atoms with Gasteiger partial charge in [-0.3, -0.25) is 14.2 Å². The third-order valence-electron chi connectivity index (χ3n) is 4.43. The molecule has 0 N–H and O–H groups in total. The quantitative estimate of drug-likeness (QED) is 0.427. The molecule has 2 atom stereocenters. The Morgan fingerprint density at radius 1 is 1.37 bits per heavy atom. The van der Waals surface area contributed by atoms with Crippen molar-refractivity contribution < 1.29 is 9.53 Å². The van der Waals surface area contributed by atoms with Gasteiger partial charge in [0, 0.05) is 11.7 Å². The van der Waals surface area contributed by atoms with E-state index in [4.69, 9.17) is 9.72 Å². The predicted molar refractivity (Wildman–Crippen MR) is 110 cm³/mol. The number of nitrogens with zero attached hydrogens (tertiary/aromatic N) is 2. The van der Waals surface area contributed by atoms with E-state index in [-0.39, 0.29) is 11.5 Å². The Kier molecular flexibility index (Phi) is 6.01. The van der Waals surface area contributed by atoms with Gasteiger partial charge in [-0.05, 0) is 43.5 Å². The number of benzene rings is 1. The van der Waals surface area contributed by atoms with Gasteiger partial charge in [0.2, 0.25) is 0 Å². The van der Waals surface area contributed by atoms with Crippen LogP contribution in [0.5, 0.6) is 0 Å². The molecular formula is C20H24N2O3S2. The zero-order valence-corrected chi connectivity index (χ0v) is 17.9. The number of ether oxygens (including phenoxy) is 1. The van der Waals surface area contributed by atoms with Crippen molar-refractivity contribution in [2.45, 2.75) is 61.1 Å². The lowest BCUT2D eigenvalue weighted by Crippen LogP contribution is -2.26. The molecule has 0 saturated heterocycles. The van der Waals surface area contributed by atoms with Crippen molar-refractivity contribution in [2.75, 3.05) is 7.11 Å². The van der Waals surface area contributed by atoms with Gasteiger partial charge >= 0.3 is 5.97 Å². The highest BCUT2D eigenvalue weighted by Gasteiger charge is 2.29. The van der Waals surface area contributed by atoms with E-state index in [9.17, 15) is 9.59 Å². The predicted octanol–water partition coefficient (Wildman–Crippen LogP) is 3.93. The summed E-state index contributed by atoms with van der Waals surface area (Å²) in [4.78, 5) is 31.0. The largest absolute Gasteiger partial charge is 0.468 e. The number of rotatable bonds is 5. The minimum atomic E-state index is -0.399. The fourth-order valence-electron chi connectivity index (χ4n) is 3.24. The molecular weight excluding hydrogens is 380 g/mol. The summed E-state index contributed by atoms with van der Waals surface area (Å²) in [6, 6.07) is 6.03. The summed E-state index contributed by atoms with van der Waals surface area (Å²) in [5, 5.41) is 0.481. The molecule has 144 valence electrons. The van der Waals surface area contributed by atoms with Crippen molar-refractivity contribution in [2.24, 2.45) is 0 Å². The van der Waals surface area contributed by atoms with Crippen LogP contribution in [-0.4, -0.2) is 33.1 Å². The highest BCUT2D eigenvalue weighted by atomic mass is 32.2. The fourth-order valence-corrected chi connectivity index (χ4v) is 5.41. The second-order valence-corrected chi connectivity index (χ2v) is 9.45. The number of aryl methyl sites for hydroxylation is 2. The van der Waals surface area contributed by atoms with Crippen LogP contribution in [0.3, 0.4) is 0 Å². The van der Waals surface area contributed by atoms with Gasteiger partial charge in [0.25, 0.3) is 5.56 Å². The molecule has 0 fully saturated rings. The lowest BCUT2D eigenvalue weighted by molar-refractivity contribution is -0.140. The zero-order chi connectivity index (χ0) is 19.7. The number of carbonyl (C=O) groups is 1.